The number of hydrogen-bond acceptors (Lipinski definition) is 1. The fraction of sp³-hybridized carbons (Fsp3) is 0.600. The van der Waals surface area contributed by atoms with Gasteiger partial charge in [0.25, 0.3) is 0 Å². The lowest BCUT2D eigenvalue weighted by Gasteiger charge is -2.20. The van der Waals surface area contributed by atoms with Gasteiger partial charge in [-0.05, 0) is 45.2 Å². The zero-order valence-corrected chi connectivity index (χ0v) is 7.43. The summed E-state index contributed by atoms with van der Waals surface area (Å²) in [5.41, 5.74) is 8.33. The van der Waals surface area contributed by atoms with Crippen LogP contribution in [0.15, 0.2) is 23.4 Å². The molecule has 0 fully saturated rings. The van der Waals surface area contributed by atoms with Crippen LogP contribution in [0.5, 0.6) is 0 Å². The third-order valence-electron chi connectivity index (χ3n) is 2.54. The van der Waals surface area contributed by atoms with E-state index >= 15 is 0 Å². The van der Waals surface area contributed by atoms with Crippen LogP contribution in [0.25, 0.3) is 0 Å². The quantitative estimate of drug-likeness (QED) is 0.573. The van der Waals surface area contributed by atoms with Gasteiger partial charge in [-0.15, -0.1) is 0 Å². The van der Waals surface area contributed by atoms with Crippen LogP contribution in [0.2, 0.25) is 0 Å². The maximum absolute atomic E-state index is 5.45. The summed E-state index contributed by atoms with van der Waals surface area (Å²) in [7, 11) is 0. The van der Waals surface area contributed by atoms with Gasteiger partial charge in [-0.25, -0.2) is 0 Å². The molecule has 1 unspecified atom stereocenters. The summed E-state index contributed by atoms with van der Waals surface area (Å²) in [6.45, 7) is 4.33. The van der Waals surface area contributed by atoms with Gasteiger partial charge in [0.1, 0.15) is 0 Å². The van der Waals surface area contributed by atoms with Gasteiger partial charge in [-0.2, -0.15) is 0 Å². The van der Waals surface area contributed by atoms with Gasteiger partial charge in [-0.3, -0.25) is 0 Å². The van der Waals surface area contributed by atoms with E-state index in [1.165, 1.54) is 30.4 Å². The number of hydrogen-bond donors (Lipinski definition) is 1. The molecule has 1 nitrogen and oxygen atoms in total. The van der Waals surface area contributed by atoms with Gasteiger partial charge < -0.3 is 5.73 Å². The molecule has 62 valence electrons. The van der Waals surface area contributed by atoms with Crippen LogP contribution >= 0.6 is 0 Å². The van der Waals surface area contributed by atoms with Crippen molar-refractivity contribution < 1.29 is 0 Å². The van der Waals surface area contributed by atoms with Crippen molar-refractivity contribution >= 4 is 0 Å². The van der Waals surface area contributed by atoms with Crippen LogP contribution in [0.1, 0.15) is 33.1 Å². The second kappa shape index (κ2) is 3.61. The minimum absolute atomic E-state index is 0.712. The number of nitrogens with two attached hydrogens (primary N) is 1. The molecule has 1 heteroatoms. The summed E-state index contributed by atoms with van der Waals surface area (Å²) in [6, 6.07) is 0. The highest BCUT2D eigenvalue weighted by Crippen LogP contribution is 2.27. The molecule has 0 radical (unpaired) electrons. The van der Waals surface area contributed by atoms with Gasteiger partial charge in [-0.1, -0.05) is 17.2 Å². The third-order valence-corrected chi connectivity index (χ3v) is 2.54. The molecule has 0 spiro atoms. The van der Waals surface area contributed by atoms with E-state index in [-0.39, 0.29) is 0 Å². The summed E-state index contributed by atoms with van der Waals surface area (Å²) in [5, 5.41) is 0. The van der Waals surface area contributed by atoms with E-state index in [4.69, 9.17) is 5.73 Å². The highest BCUT2D eigenvalue weighted by molar-refractivity contribution is 5.11. The highest BCUT2D eigenvalue weighted by atomic mass is 14.5. The smallest absolute Gasteiger partial charge is 0.00703 e. The van der Waals surface area contributed by atoms with E-state index in [1.54, 1.807) is 6.20 Å². The van der Waals surface area contributed by atoms with Crippen LogP contribution in [0.4, 0.5) is 0 Å². The summed E-state index contributed by atoms with van der Waals surface area (Å²) in [5.74, 6) is 0.712. The molecule has 1 aliphatic carbocycles. The van der Waals surface area contributed by atoms with Crippen molar-refractivity contribution in [2.75, 3.05) is 0 Å². The van der Waals surface area contributed by atoms with E-state index in [0.717, 1.165) is 0 Å². The van der Waals surface area contributed by atoms with Crippen molar-refractivity contribution in [2.24, 2.45) is 11.7 Å². The first kappa shape index (κ1) is 8.38. The first-order valence-corrected chi connectivity index (χ1v) is 4.28. The van der Waals surface area contributed by atoms with Crippen molar-refractivity contribution in [3.63, 3.8) is 0 Å². The predicted molar refractivity (Wildman–Crippen MR) is 49.0 cm³/mol. The molecule has 2 N–H and O–H groups in total. The average Bonchev–Trinajstić information content (AvgIpc) is 2.05. The summed E-state index contributed by atoms with van der Waals surface area (Å²) >= 11 is 0. The average molecular weight is 151 g/mol. The molecule has 1 aliphatic rings. The van der Waals surface area contributed by atoms with Crippen LogP contribution < -0.4 is 5.73 Å². The van der Waals surface area contributed by atoms with E-state index in [9.17, 15) is 0 Å². The minimum atomic E-state index is 0.712. The fourth-order valence-corrected chi connectivity index (χ4v) is 1.51. The first-order chi connectivity index (χ1) is 5.24. The van der Waals surface area contributed by atoms with Crippen molar-refractivity contribution in [1.82, 2.24) is 0 Å². The third kappa shape index (κ3) is 2.11. The molecule has 0 aromatic carbocycles. The number of rotatable bonds is 1. The molecule has 11 heavy (non-hydrogen) atoms. The SMILES string of the molecule is CC1=CCC(/C(C)=C/N)CC1. The second-order valence-electron chi connectivity index (χ2n) is 3.43. The molecule has 0 bridgehead atoms. The lowest BCUT2D eigenvalue weighted by molar-refractivity contribution is 0.538. The van der Waals surface area contributed by atoms with Crippen LogP contribution in [0.3, 0.4) is 0 Å². The van der Waals surface area contributed by atoms with Crippen molar-refractivity contribution in [1.29, 1.82) is 0 Å². The lowest BCUT2D eigenvalue weighted by atomic mass is 9.86. The maximum Gasteiger partial charge on any atom is -0.00703 e. The van der Waals surface area contributed by atoms with E-state index in [0.29, 0.717) is 5.92 Å². The van der Waals surface area contributed by atoms with Crippen molar-refractivity contribution in [3.8, 4) is 0 Å². The fourth-order valence-electron chi connectivity index (χ4n) is 1.51. The molecular weight excluding hydrogens is 134 g/mol. The van der Waals surface area contributed by atoms with Gasteiger partial charge >= 0.3 is 0 Å². The predicted octanol–water partition coefficient (Wildman–Crippen LogP) is 2.60. The standard InChI is InChI=1S/C10H17N/c1-8-3-5-10(6-4-8)9(2)7-11/h3,7,10H,4-6,11H2,1-2H3/b9-7+. The zero-order valence-electron chi connectivity index (χ0n) is 7.43. The molecule has 0 saturated heterocycles. The van der Waals surface area contributed by atoms with E-state index in [2.05, 4.69) is 19.9 Å². The second-order valence-corrected chi connectivity index (χ2v) is 3.43. The Balaban J connectivity index is 2.54. The van der Waals surface area contributed by atoms with Gasteiger partial charge in [0, 0.05) is 0 Å². The van der Waals surface area contributed by atoms with Crippen LogP contribution in [-0.2, 0) is 0 Å². The molecule has 0 heterocycles. The van der Waals surface area contributed by atoms with Crippen LogP contribution in [-0.4, -0.2) is 0 Å². The summed E-state index contributed by atoms with van der Waals surface area (Å²) in [6.07, 6.45) is 7.80. The van der Waals surface area contributed by atoms with Crippen LogP contribution in [0, 0.1) is 5.92 Å². The van der Waals surface area contributed by atoms with Gasteiger partial charge in [0.05, 0.1) is 0 Å². The molecular formula is C10H17N. The maximum atomic E-state index is 5.45. The highest BCUT2D eigenvalue weighted by Gasteiger charge is 2.12. The molecule has 0 aromatic heterocycles. The molecule has 0 saturated carbocycles. The Morgan fingerprint density at radius 3 is 2.91 bits per heavy atom. The molecule has 1 atom stereocenters. The Kier molecular flexibility index (Phi) is 2.75. The Labute approximate surface area is 69.0 Å². The minimum Gasteiger partial charge on any atom is -0.405 e. The largest absolute Gasteiger partial charge is 0.405 e. The van der Waals surface area contributed by atoms with Gasteiger partial charge in [0.2, 0.25) is 0 Å². The molecule has 0 amide bonds. The Morgan fingerprint density at radius 2 is 2.45 bits per heavy atom. The first-order valence-electron chi connectivity index (χ1n) is 4.28. The zero-order chi connectivity index (χ0) is 8.27. The Bertz CT molecular complexity index is 189. The van der Waals surface area contributed by atoms with Crippen molar-refractivity contribution in [2.45, 2.75) is 33.1 Å². The van der Waals surface area contributed by atoms with E-state index in [1.807, 2.05) is 0 Å². The normalized spacial score (nSPS) is 26.5. The summed E-state index contributed by atoms with van der Waals surface area (Å²) < 4.78 is 0. The lowest BCUT2D eigenvalue weighted by Crippen LogP contribution is -2.07. The molecule has 0 aromatic rings. The Hall–Kier alpha value is -0.720. The molecule has 0 aliphatic heterocycles. The topological polar surface area (TPSA) is 26.0 Å². The number of allylic oxidation sites excluding steroid dienone is 3. The monoisotopic (exact) mass is 151 g/mol. The van der Waals surface area contributed by atoms with E-state index < -0.39 is 0 Å². The van der Waals surface area contributed by atoms with Crippen molar-refractivity contribution in [3.05, 3.63) is 23.4 Å². The summed E-state index contributed by atoms with van der Waals surface area (Å²) in [4.78, 5) is 0. The molecule has 1 rings (SSSR count). The van der Waals surface area contributed by atoms with Gasteiger partial charge in [0.15, 0.2) is 0 Å². The Morgan fingerprint density at radius 1 is 1.73 bits per heavy atom.